The summed E-state index contributed by atoms with van der Waals surface area (Å²) in [6.07, 6.45) is -6.48. The fourth-order valence-corrected chi connectivity index (χ4v) is 2.18. The van der Waals surface area contributed by atoms with Gasteiger partial charge in [0.2, 0.25) is 5.91 Å². The predicted molar refractivity (Wildman–Crippen MR) is 89.6 cm³/mol. The van der Waals surface area contributed by atoms with E-state index in [1.54, 1.807) is 0 Å². The summed E-state index contributed by atoms with van der Waals surface area (Å²) in [5, 5.41) is 4.79. The van der Waals surface area contributed by atoms with Crippen molar-refractivity contribution >= 4 is 28.9 Å². The fourth-order valence-electron chi connectivity index (χ4n) is 1.96. The van der Waals surface area contributed by atoms with E-state index in [0.29, 0.717) is 11.8 Å². The van der Waals surface area contributed by atoms with Crippen molar-refractivity contribution in [2.24, 2.45) is 5.73 Å². The van der Waals surface area contributed by atoms with Gasteiger partial charge in [-0.2, -0.15) is 13.2 Å². The molecule has 0 heterocycles. The zero-order chi connectivity index (χ0) is 18.6. The molecule has 0 aliphatic carbocycles. The smallest absolute Gasteiger partial charge is 0.366 e. The molecule has 0 aliphatic heterocycles. The Balaban J connectivity index is 2.01. The SMILES string of the molecule is NC(=O)c1ccc(NC(=S)NC(F)c2cccc(C(F)(F)F)c2)cc1. The molecule has 0 aliphatic rings. The lowest BCUT2D eigenvalue weighted by atomic mass is 10.1. The monoisotopic (exact) mass is 371 g/mol. The first kappa shape index (κ1) is 18.7. The number of thiocarbonyl (C=S) groups is 1. The number of rotatable bonds is 4. The number of halogens is 4. The third-order valence-corrected chi connectivity index (χ3v) is 3.41. The van der Waals surface area contributed by atoms with E-state index in [-0.39, 0.29) is 16.2 Å². The molecule has 0 radical (unpaired) electrons. The predicted octanol–water partition coefficient (Wildman–Crippen LogP) is 3.76. The van der Waals surface area contributed by atoms with Crippen LogP contribution < -0.4 is 16.4 Å². The third kappa shape index (κ3) is 5.15. The minimum Gasteiger partial charge on any atom is -0.366 e. The molecule has 2 aromatic carbocycles. The first-order chi connectivity index (χ1) is 11.7. The van der Waals surface area contributed by atoms with Crippen LogP contribution in [0.15, 0.2) is 48.5 Å². The minimum atomic E-state index is -4.56. The van der Waals surface area contributed by atoms with E-state index >= 15 is 0 Å². The molecule has 0 saturated heterocycles. The van der Waals surface area contributed by atoms with Crippen molar-refractivity contribution in [3.63, 3.8) is 0 Å². The van der Waals surface area contributed by atoms with Gasteiger partial charge >= 0.3 is 6.18 Å². The maximum Gasteiger partial charge on any atom is 0.416 e. The molecular weight excluding hydrogens is 358 g/mol. The van der Waals surface area contributed by atoms with E-state index in [4.69, 9.17) is 18.0 Å². The highest BCUT2D eigenvalue weighted by atomic mass is 32.1. The van der Waals surface area contributed by atoms with Crippen molar-refractivity contribution in [3.8, 4) is 0 Å². The number of alkyl halides is 4. The molecule has 0 saturated carbocycles. The average molecular weight is 371 g/mol. The van der Waals surface area contributed by atoms with Gasteiger partial charge in [-0.3, -0.25) is 4.79 Å². The second kappa shape index (κ2) is 7.47. The highest BCUT2D eigenvalue weighted by Crippen LogP contribution is 2.31. The lowest BCUT2D eigenvalue weighted by molar-refractivity contribution is -0.137. The van der Waals surface area contributed by atoms with E-state index in [2.05, 4.69) is 10.6 Å². The molecule has 25 heavy (non-hydrogen) atoms. The van der Waals surface area contributed by atoms with Gasteiger partial charge < -0.3 is 16.4 Å². The summed E-state index contributed by atoms with van der Waals surface area (Å²) in [6, 6.07) is 9.81. The van der Waals surface area contributed by atoms with Crippen LogP contribution in [-0.4, -0.2) is 11.0 Å². The van der Waals surface area contributed by atoms with Gasteiger partial charge in [0.25, 0.3) is 0 Å². The molecule has 1 atom stereocenters. The molecule has 4 nitrogen and oxygen atoms in total. The van der Waals surface area contributed by atoms with Crippen LogP contribution in [0.4, 0.5) is 23.2 Å². The Labute approximate surface area is 146 Å². The Morgan fingerprint density at radius 3 is 2.32 bits per heavy atom. The number of hydrogen-bond donors (Lipinski definition) is 3. The van der Waals surface area contributed by atoms with E-state index in [9.17, 15) is 22.4 Å². The first-order valence-electron chi connectivity index (χ1n) is 6.95. The Bertz CT molecular complexity index is 778. The molecule has 0 fully saturated rings. The summed E-state index contributed by atoms with van der Waals surface area (Å²) < 4.78 is 52.1. The summed E-state index contributed by atoms with van der Waals surface area (Å²) in [7, 11) is 0. The maximum atomic E-state index is 14.2. The van der Waals surface area contributed by atoms with Gasteiger partial charge in [-0.1, -0.05) is 12.1 Å². The molecule has 2 rings (SSSR count). The summed E-state index contributed by atoms with van der Waals surface area (Å²) in [6.45, 7) is 0. The molecule has 9 heteroatoms. The number of nitrogens with one attached hydrogen (secondary N) is 2. The van der Waals surface area contributed by atoms with Crippen molar-refractivity contribution < 1.29 is 22.4 Å². The Hall–Kier alpha value is -2.68. The zero-order valence-electron chi connectivity index (χ0n) is 12.6. The van der Waals surface area contributed by atoms with Crippen LogP contribution in [0.1, 0.15) is 27.8 Å². The standard InChI is InChI=1S/C16H13F4N3OS/c17-13(10-2-1-3-11(8-10)16(18,19)20)23-15(25)22-12-6-4-9(5-7-12)14(21)24/h1-8,13H,(H2,21,24)(H2,22,23,25). The van der Waals surface area contributed by atoms with Gasteiger partial charge in [0.15, 0.2) is 11.4 Å². The van der Waals surface area contributed by atoms with Crippen molar-refractivity contribution in [2.75, 3.05) is 5.32 Å². The number of amides is 1. The second-order valence-electron chi connectivity index (χ2n) is 5.03. The van der Waals surface area contributed by atoms with Gasteiger partial charge in [0, 0.05) is 16.8 Å². The van der Waals surface area contributed by atoms with Gasteiger partial charge in [0.05, 0.1) is 5.56 Å². The van der Waals surface area contributed by atoms with E-state index < -0.39 is 23.9 Å². The summed E-state index contributed by atoms with van der Waals surface area (Å²) in [4.78, 5) is 11.0. The van der Waals surface area contributed by atoms with Crippen LogP contribution in [0, 0.1) is 0 Å². The first-order valence-corrected chi connectivity index (χ1v) is 7.36. The van der Waals surface area contributed by atoms with Gasteiger partial charge in [-0.15, -0.1) is 0 Å². The molecule has 1 unspecified atom stereocenters. The Morgan fingerprint density at radius 2 is 1.76 bits per heavy atom. The van der Waals surface area contributed by atoms with Crippen molar-refractivity contribution in [2.45, 2.75) is 12.5 Å². The van der Waals surface area contributed by atoms with Crippen LogP contribution in [-0.2, 0) is 6.18 Å². The normalized spacial score (nSPS) is 12.3. The van der Waals surface area contributed by atoms with Crippen LogP contribution in [0.25, 0.3) is 0 Å². The summed E-state index contributed by atoms with van der Waals surface area (Å²) in [5.41, 5.74) is 4.70. The van der Waals surface area contributed by atoms with Gasteiger partial charge in [-0.25, -0.2) is 4.39 Å². The lowest BCUT2D eigenvalue weighted by Gasteiger charge is -2.16. The largest absolute Gasteiger partial charge is 0.416 e. The van der Waals surface area contributed by atoms with Crippen LogP contribution in [0.3, 0.4) is 0 Å². The minimum absolute atomic E-state index is 0.128. The zero-order valence-corrected chi connectivity index (χ0v) is 13.4. The lowest BCUT2D eigenvalue weighted by Crippen LogP contribution is -2.30. The quantitative estimate of drug-likeness (QED) is 0.435. The number of carbonyl (C=O) groups is 1. The molecule has 132 valence electrons. The average Bonchev–Trinajstić information content (AvgIpc) is 2.54. The Morgan fingerprint density at radius 1 is 1.12 bits per heavy atom. The van der Waals surface area contributed by atoms with E-state index in [1.165, 1.54) is 30.3 Å². The third-order valence-electron chi connectivity index (χ3n) is 3.19. The number of primary amides is 1. The molecular formula is C16H13F4N3OS. The van der Waals surface area contributed by atoms with E-state index in [1.807, 2.05) is 0 Å². The number of nitrogens with two attached hydrogens (primary N) is 1. The highest BCUT2D eigenvalue weighted by Gasteiger charge is 2.31. The highest BCUT2D eigenvalue weighted by molar-refractivity contribution is 7.80. The topological polar surface area (TPSA) is 67.2 Å². The Kier molecular flexibility index (Phi) is 5.58. The van der Waals surface area contributed by atoms with Crippen LogP contribution in [0.2, 0.25) is 0 Å². The van der Waals surface area contributed by atoms with Gasteiger partial charge in [-0.05, 0) is 48.6 Å². The molecule has 0 spiro atoms. The van der Waals surface area contributed by atoms with Gasteiger partial charge in [0.1, 0.15) is 0 Å². The number of benzene rings is 2. The van der Waals surface area contributed by atoms with Crippen LogP contribution in [0.5, 0.6) is 0 Å². The number of carbonyl (C=O) groups excluding carboxylic acids is 1. The summed E-state index contributed by atoms with van der Waals surface area (Å²) >= 11 is 4.93. The summed E-state index contributed by atoms with van der Waals surface area (Å²) in [5.74, 6) is -0.597. The number of hydrogen-bond acceptors (Lipinski definition) is 2. The maximum absolute atomic E-state index is 14.2. The molecule has 4 N–H and O–H groups in total. The van der Waals surface area contributed by atoms with Crippen molar-refractivity contribution in [1.29, 1.82) is 0 Å². The molecule has 0 bridgehead atoms. The fraction of sp³-hybridized carbons (Fsp3) is 0.125. The van der Waals surface area contributed by atoms with Crippen molar-refractivity contribution in [1.82, 2.24) is 5.32 Å². The molecule has 2 aromatic rings. The van der Waals surface area contributed by atoms with Crippen LogP contribution >= 0.6 is 12.2 Å². The number of anilines is 1. The second-order valence-corrected chi connectivity index (χ2v) is 5.43. The van der Waals surface area contributed by atoms with E-state index in [0.717, 1.165) is 12.1 Å². The molecule has 0 aromatic heterocycles. The molecule has 1 amide bonds. The van der Waals surface area contributed by atoms with Crippen molar-refractivity contribution in [3.05, 3.63) is 65.2 Å².